The topological polar surface area (TPSA) is 38.3 Å². The molecule has 0 radical (unpaired) electrons. The summed E-state index contributed by atoms with van der Waals surface area (Å²) in [5, 5.41) is 3.30. The molecule has 23 heavy (non-hydrogen) atoms. The lowest BCUT2D eigenvalue weighted by Crippen LogP contribution is -2.61. The number of hydrogen-bond donors (Lipinski definition) is 1. The third-order valence-electron chi connectivity index (χ3n) is 5.90. The van der Waals surface area contributed by atoms with Gasteiger partial charge in [0.25, 0.3) is 5.91 Å². The molecule has 1 atom stereocenters. The van der Waals surface area contributed by atoms with Crippen LogP contribution in [0.5, 0.6) is 5.75 Å². The maximum Gasteiger partial charge on any atom is 0.261 e. The van der Waals surface area contributed by atoms with Crippen molar-refractivity contribution in [3.8, 4) is 5.75 Å². The third kappa shape index (κ3) is 2.96. The third-order valence-corrected chi connectivity index (χ3v) is 5.90. The number of rotatable bonds is 4. The number of carbonyl (C=O) groups is 1. The van der Waals surface area contributed by atoms with E-state index < -0.39 is 6.10 Å². The van der Waals surface area contributed by atoms with Crippen LogP contribution < -0.4 is 10.1 Å². The van der Waals surface area contributed by atoms with Gasteiger partial charge >= 0.3 is 0 Å². The Bertz CT molecular complexity index is 580. The van der Waals surface area contributed by atoms with Crippen molar-refractivity contribution in [2.24, 2.45) is 17.8 Å². The van der Waals surface area contributed by atoms with Gasteiger partial charge < -0.3 is 10.1 Å². The summed E-state index contributed by atoms with van der Waals surface area (Å²) in [6, 6.07) is 5.95. The smallest absolute Gasteiger partial charge is 0.261 e. The minimum absolute atomic E-state index is 0.00854. The summed E-state index contributed by atoms with van der Waals surface area (Å²) in [5.41, 5.74) is -0.00854. The molecule has 0 aromatic heterocycles. The molecule has 5 rings (SSSR count). The van der Waals surface area contributed by atoms with Gasteiger partial charge in [-0.1, -0.05) is 6.07 Å². The van der Waals surface area contributed by atoms with Crippen molar-refractivity contribution >= 4 is 5.91 Å². The molecule has 0 spiro atoms. The van der Waals surface area contributed by atoms with Crippen molar-refractivity contribution in [3.05, 3.63) is 30.1 Å². The first-order valence-corrected chi connectivity index (χ1v) is 8.76. The fraction of sp³-hybridized carbons (Fsp3) is 0.632. The first-order valence-electron chi connectivity index (χ1n) is 8.76. The highest BCUT2D eigenvalue weighted by atomic mass is 19.1. The van der Waals surface area contributed by atoms with Crippen molar-refractivity contribution in [1.29, 1.82) is 0 Å². The molecular weight excluding hydrogens is 293 g/mol. The zero-order valence-electron chi connectivity index (χ0n) is 13.6. The molecule has 1 aromatic rings. The zero-order chi connectivity index (χ0) is 16.0. The summed E-state index contributed by atoms with van der Waals surface area (Å²) in [6.07, 6.45) is 6.82. The van der Waals surface area contributed by atoms with E-state index in [2.05, 4.69) is 5.32 Å². The van der Waals surface area contributed by atoms with E-state index in [1.807, 2.05) is 0 Å². The van der Waals surface area contributed by atoms with Gasteiger partial charge in [0.05, 0.1) is 0 Å². The normalized spacial score (nSPS) is 35.8. The van der Waals surface area contributed by atoms with Crippen LogP contribution >= 0.6 is 0 Å². The minimum Gasteiger partial charge on any atom is -0.481 e. The van der Waals surface area contributed by atoms with Crippen LogP contribution in [0, 0.1) is 23.6 Å². The van der Waals surface area contributed by atoms with E-state index in [0.29, 0.717) is 5.75 Å². The highest BCUT2D eigenvalue weighted by molar-refractivity contribution is 5.81. The van der Waals surface area contributed by atoms with Gasteiger partial charge in [0.2, 0.25) is 0 Å². The molecule has 1 amide bonds. The second-order valence-electron chi connectivity index (χ2n) is 7.90. The van der Waals surface area contributed by atoms with Gasteiger partial charge in [0.15, 0.2) is 6.10 Å². The van der Waals surface area contributed by atoms with E-state index >= 15 is 0 Å². The van der Waals surface area contributed by atoms with Crippen LogP contribution in [0.1, 0.15) is 45.4 Å². The van der Waals surface area contributed by atoms with Crippen molar-refractivity contribution in [2.75, 3.05) is 0 Å². The molecule has 124 valence electrons. The molecule has 4 aliphatic carbocycles. The lowest BCUT2D eigenvalue weighted by Gasteiger charge is -2.57. The van der Waals surface area contributed by atoms with Crippen LogP contribution in [0.15, 0.2) is 24.3 Å². The van der Waals surface area contributed by atoms with Gasteiger partial charge in [0.1, 0.15) is 11.6 Å². The number of nitrogens with one attached hydrogen (secondary N) is 1. The Hall–Kier alpha value is -1.58. The Morgan fingerprint density at radius 1 is 1.22 bits per heavy atom. The number of benzene rings is 1. The van der Waals surface area contributed by atoms with Crippen LogP contribution in [0.2, 0.25) is 0 Å². The maximum absolute atomic E-state index is 13.2. The Kier molecular flexibility index (Phi) is 3.58. The summed E-state index contributed by atoms with van der Waals surface area (Å²) in [7, 11) is 0. The summed E-state index contributed by atoms with van der Waals surface area (Å²) >= 11 is 0. The van der Waals surface area contributed by atoms with Crippen molar-refractivity contribution in [3.63, 3.8) is 0 Å². The highest BCUT2D eigenvalue weighted by Gasteiger charge is 2.51. The van der Waals surface area contributed by atoms with Crippen LogP contribution in [0.25, 0.3) is 0 Å². The first-order chi connectivity index (χ1) is 11.0. The lowest BCUT2D eigenvalue weighted by molar-refractivity contribution is -0.133. The standard InChI is InChI=1S/C19H24FNO2/c1-12(23-17-4-2-3-16(20)8-17)18(22)21-19-9-13-5-14(10-19)7-15(6-13)11-19/h2-4,8,12-15H,5-7,9-11H2,1H3,(H,21,22). The summed E-state index contributed by atoms with van der Waals surface area (Å²) in [5.74, 6) is 2.36. The molecule has 4 fully saturated rings. The lowest BCUT2D eigenvalue weighted by atomic mass is 9.53. The maximum atomic E-state index is 13.2. The minimum atomic E-state index is -0.607. The number of hydrogen-bond acceptors (Lipinski definition) is 2. The van der Waals surface area contributed by atoms with Crippen molar-refractivity contribution in [1.82, 2.24) is 5.32 Å². The fourth-order valence-corrected chi connectivity index (χ4v) is 5.42. The fourth-order valence-electron chi connectivity index (χ4n) is 5.42. The number of carbonyl (C=O) groups excluding carboxylic acids is 1. The zero-order valence-corrected chi connectivity index (χ0v) is 13.6. The molecule has 3 nitrogen and oxygen atoms in total. The quantitative estimate of drug-likeness (QED) is 0.920. The number of halogens is 1. The van der Waals surface area contributed by atoms with Gasteiger partial charge in [-0.3, -0.25) is 4.79 Å². The Balaban J connectivity index is 1.41. The van der Waals surface area contributed by atoms with E-state index in [-0.39, 0.29) is 17.3 Å². The highest BCUT2D eigenvalue weighted by Crippen LogP contribution is 2.55. The predicted octanol–water partition coefficient (Wildman–Crippen LogP) is 3.68. The molecule has 1 aromatic carbocycles. The number of ether oxygens (including phenoxy) is 1. The van der Waals surface area contributed by atoms with E-state index in [1.165, 1.54) is 31.4 Å². The van der Waals surface area contributed by atoms with Gasteiger partial charge in [-0.15, -0.1) is 0 Å². The molecule has 1 N–H and O–H groups in total. The van der Waals surface area contributed by atoms with Gasteiger partial charge in [0, 0.05) is 11.6 Å². The molecule has 1 unspecified atom stereocenters. The molecule has 4 aliphatic rings. The average molecular weight is 317 g/mol. The molecule has 4 bridgehead atoms. The molecule has 0 saturated heterocycles. The van der Waals surface area contributed by atoms with Gasteiger partial charge in [-0.2, -0.15) is 0 Å². The van der Waals surface area contributed by atoms with E-state index in [9.17, 15) is 9.18 Å². The molecule has 0 aliphatic heterocycles. The van der Waals surface area contributed by atoms with E-state index in [1.54, 1.807) is 19.1 Å². The monoisotopic (exact) mass is 317 g/mol. The van der Waals surface area contributed by atoms with E-state index in [0.717, 1.165) is 37.0 Å². The Morgan fingerprint density at radius 3 is 2.39 bits per heavy atom. The molecule has 0 heterocycles. The van der Waals surface area contributed by atoms with Crippen LogP contribution in [0.3, 0.4) is 0 Å². The van der Waals surface area contributed by atoms with Crippen molar-refractivity contribution < 1.29 is 13.9 Å². The second kappa shape index (κ2) is 5.50. The molecular formula is C19H24FNO2. The Labute approximate surface area is 136 Å². The van der Waals surface area contributed by atoms with Crippen LogP contribution in [0.4, 0.5) is 4.39 Å². The molecule has 4 heteroatoms. The molecule has 4 saturated carbocycles. The average Bonchev–Trinajstić information content (AvgIpc) is 2.45. The SMILES string of the molecule is CC(Oc1cccc(F)c1)C(=O)NC12CC3CC(CC(C3)C1)C2. The summed E-state index contributed by atoms with van der Waals surface area (Å²) in [4.78, 5) is 12.6. The first kappa shape index (κ1) is 15.0. The van der Waals surface area contributed by atoms with Gasteiger partial charge in [-0.25, -0.2) is 4.39 Å². The predicted molar refractivity (Wildman–Crippen MR) is 85.5 cm³/mol. The largest absolute Gasteiger partial charge is 0.481 e. The second-order valence-corrected chi connectivity index (χ2v) is 7.90. The summed E-state index contributed by atoms with van der Waals surface area (Å²) < 4.78 is 18.8. The van der Waals surface area contributed by atoms with Gasteiger partial charge in [-0.05, 0) is 75.3 Å². The number of amides is 1. The van der Waals surface area contributed by atoms with E-state index in [4.69, 9.17) is 4.74 Å². The van der Waals surface area contributed by atoms with Crippen LogP contribution in [-0.4, -0.2) is 17.6 Å². The van der Waals surface area contributed by atoms with Crippen molar-refractivity contribution in [2.45, 2.75) is 57.1 Å². The Morgan fingerprint density at radius 2 is 1.83 bits per heavy atom. The summed E-state index contributed by atoms with van der Waals surface area (Å²) in [6.45, 7) is 1.74. The van der Waals surface area contributed by atoms with Crippen LogP contribution in [-0.2, 0) is 4.79 Å².